The lowest BCUT2D eigenvalue weighted by Crippen LogP contribution is -2.49. The van der Waals surface area contributed by atoms with Crippen LogP contribution in [0, 0.1) is 11.3 Å². The van der Waals surface area contributed by atoms with E-state index in [4.69, 9.17) is 10.00 Å². The van der Waals surface area contributed by atoms with Crippen LogP contribution in [0.25, 0.3) is 0 Å². The standard InChI is InChI=1S/C19H16N4O4/c1-19(14-8-3-2-4-9-14)17(25)23(18(26)21-19)22-16(24)12-27-15-10-6-5-7-13(15)11-20/h2-10H,12H2,1H3,(H,21,26)(H,22,24)/t19-/m0/s1. The highest BCUT2D eigenvalue weighted by Gasteiger charge is 2.49. The minimum Gasteiger partial charge on any atom is -0.482 e. The van der Waals surface area contributed by atoms with E-state index in [1.165, 1.54) is 0 Å². The Morgan fingerprint density at radius 2 is 1.85 bits per heavy atom. The van der Waals surface area contributed by atoms with Gasteiger partial charge in [-0.1, -0.05) is 42.5 Å². The zero-order valence-corrected chi connectivity index (χ0v) is 14.4. The van der Waals surface area contributed by atoms with Gasteiger partial charge >= 0.3 is 6.03 Å². The summed E-state index contributed by atoms with van der Waals surface area (Å²) in [6.45, 7) is 1.10. The molecular weight excluding hydrogens is 348 g/mol. The number of amides is 4. The molecule has 8 nitrogen and oxygen atoms in total. The number of hydrogen-bond donors (Lipinski definition) is 2. The van der Waals surface area contributed by atoms with E-state index >= 15 is 0 Å². The van der Waals surface area contributed by atoms with Crippen LogP contribution in [-0.4, -0.2) is 29.5 Å². The molecule has 136 valence electrons. The molecule has 0 bridgehead atoms. The maximum atomic E-state index is 12.7. The molecule has 0 aromatic heterocycles. The summed E-state index contributed by atoms with van der Waals surface area (Å²) in [5.74, 6) is -1.07. The van der Waals surface area contributed by atoms with E-state index in [-0.39, 0.29) is 11.3 Å². The molecule has 1 aliphatic heterocycles. The maximum Gasteiger partial charge on any atom is 0.344 e. The van der Waals surface area contributed by atoms with Crippen LogP contribution in [0.2, 0.25) is 0 Å². The van der Waals surface area contributed by atoms with Gasteiger partial charge in [0, 0.05) is 0 Å². The van der Waals surface area contributed by atoms with Gasteiger partial charge in [0.1, 0.15) is 17.4 Å². The highest BCUT2D eigenvalue weighted by Crippen LogP contribution is 2.27. The van der Waals surface area contributed by atoms with Crippen molar-refractivity contribution in [2.24, 2.45) is 0 Å². The molecule has 1 aliphatic rings. The molecule has 0 spiro atoms. The Morgan fingerprint density at radius 1 is 1.19 bits per heavy atom. The molecule has 1 saturated heterocycles. The van der Waals surface area contributed by atoms with Gasteiger partial charge in [-0.05, 0) is 24.6 Å². The van der Waals surface area contributed by atoms with Crippen LogP contribution in [-0.2, 0) is 15.1 Å². The van der Waals surface area contributed by atoms with Crippen LogP contribution < -0.4 is 15.5 Å². The number of urea groups is 1. The third-order valence-electron chi connectivity index (χ3n) is 4.14. The predicted octanol–water partition coefficient (Wildman–Crippen LogP) is 1.44. The van der Waals surface area contributed by atoms with Crippen molar-refractivity contribution in [2.75, 3.05) is 6.61 Å². The van der Waals surface area contributed by atoms with Gasteiger partial charge in [0.05, 0.1) is 5.56 Å². The Bertz CT molecular complexity index is 938. The van der Waals surface area contributed by atoms with E-state index in [1.54, 1.807) is 61.5 Å². The third kappa shape index (κ3) is 3.43. The van der Waals surface area contributed by atoms with Crippen LogP contribution in [0.3, 0.4) is 0 Å². The predicted molar refractivity (Wildman–Crippen MR) is 94.0 cm³/mol. The number of nitriles is 1. The topological polar surface area (TPSA) is 112 Å². The summed E-state index contributed by atoms with van der Waals surface area (Å²) in [5.41, 5.74) is 1.83. The number of nitrogens with zero attached hydrogens (tertiary/aromatic N) is 2. The molecule has 2 N–H and O–H groups in total. The Kier molecular flexibility index (Phi) is 4.77. The second-order valence-electron chi connectivity index (χ2n) is 5.99. The number of hydrazine groups is 1. The minimum atomic E-state index is -1.28. The first-order chi connectivity index (χ1) is 13.0. The van der Waals surface area contributed by atoms with Crippen LogP contribution >= 0.6 is 0 Å². The first kappa shape index (κ1) is 17.9. The van der Waals surface area contributed by atoms with E-state index in [1.807, 2.05) is 6.07 Å². The van der Waals surface area contributed by atoms with Gasteiger partial charge < -0.3 is 10.1 Å². The number of hydrogen-bond acceptors (Lipinski definition) is 5. The summed E-state index contributed by atoms with van der Waals surface area (Å²) in [5, 5.41) is 12.2. The molecule has 27 heavy (non-hydrogen) atoms. The smallest absolute Gasteiger partial charge is 0.344 e. The molecule has 2 aromatic rings. The van der Waals surface area contributed by atoms with Gasteiger partial charge in [-0.2, -0.15) is 10.3 Å². The van der Waals surface area contributed by atoms with E-state index in [0.29, 0.717) is 10.6 Å². The summed E-state index contributed by atoms with van der Waals surface area (Å²) in [7, 11) is 0. The average molecular weight is 364 g/mol. The van der Waals surface area contributed by atoms with Gasteiger partial charge in [0.25, 0.3) is 11.8 Å². The second kappa shape index (κ2) is 7.17. The van der Waals surface area contributed by atoms with Crippen molar-refractivity contribution in [1.29, 1.82) is 5.26 Å². The lowest BCUT2D eigenvalue weighted by Gasteiger charge is -2.22. The number of benzene rings is 2. The molecule has 0 aliphatic carbocycles. The van der Waals surface area contributed by atoms with Crippen molar-refractivity contribution >= 4 is 17.8 Å². The first-order valence-electron chi connectivity index (χ1n) is 8.09. The molecule has 1 heterocycles. The number of nitrogens with one attached hydrogen (secondary N) is 2. The van der Waals surface area contributed by atoms with Crippen LogP contribution in [0.1, 0.15) is 18.1 Å². The fourth-order valence-corrected chi connectivity index (χ4v) is 2.69. The SMILES string of the molecule is C[C@@]1(c2ccccc2)NC(=O)N(NC(=O)COc2ccccc2C#N)C1=O. The zero-order chi connectivity index (χ0) is 19.4. The lowest BCUT2D eigenvalue weighted by atomic mass is 9.92. The number of carbonyl (C=O) groups excluding carboxylic acids is 3. The quantitative estimate of drug-likeness (QED) is 0.780. The molecule has 0 saturated carbocycles. The van der Waals surface area contributed by atoms with Crippen molar-refractivity contribution < 1.29 is 19.1 Å². The van der Waals surface area contributed by atoms with E-state index in [2.05, 4.69) is 10.7 Å². The summed E-state index contributed by atoms with van der Waals surface area (Å²) in [4.78, 5) is 37.0. The van der Waals surface area contributed by atoms with Gasteiger partial charge in [-0.15, -0.1) is 0 Å². The molecule has 1 atom stereocenters. The van der Waals surface area contributed by atoms with Crippen molar-refractivity contribution in [3.05, 3.63) is 65.7 Å². The van der Waals surface area contributed by atoms with Gasteiger partial charge in [-0.3, -0.25) is 15.0 Å². The molecule has 2 aromatic carbocycles. The molecule has 3 rings (SSSR count). The second-order valence-corrected chi connectivity index (χ2v) is 5.99. The highest BCUT2D eigenvalue weighted by molar-refractivity contribution is 6.08. The number of carbonyl (C=O) groups is 3. The van der Waals surface area contributed by atoms with E-state index < -0.39 is 30.0 Å². The average Bonchev–Trinajstić information content (AvgIpc) is 2.91. The van der Waals surface area contributed by atoms with Crippen LogP contribution in [0.5, 0.6) is 5.75 Å². The Labute approximate surface area is 155 Å². The largest absolute Gasteiger partial charge is 0.482 e. The normalized spacial score (nSPS) is 18.6. The van der Waals surface area contributed by atoms with Gasteiger partial charge in [-0.25, -0.2) is 4.79 Å². The van der Waals surface area contributed by atoms with Crippen LogP contribution in [0.15, 0.2) is 54.6 Å². The van der Waals surface area contributed by atoms with Crippen molar-refractivity contribution in [3.8, 4) is 11.8 Å². The lowest BCUT2D eigenvalue weighted by molar-refractivity contribution is -0.139. The molecule has 4 amide bonds. The maximum absolute atomic E-state index is 12.7. The monoisotopic (exact) mass is 364 g/mol. The number of rotatable bonds is 5. The highest BCUT2D eigenvalue weighted by atomic mass is 16.5. The third-order valence-corrected chi connectivity index (χ3v) is 4.14. The summed E-state index contributed by atoms with van der Waals surface area (Å²) >= 11 is 0. The fraction of sp³-hybridized carbons (Fsp3) is 0.158. The van der Waals surface area contributed by atoms with Gasteiger partial charge in [0.2, 0.25) is 0 Å². The van der Waals surface area contributed by atoms with E-state index in [9.17, 15) is 14.4 Å². The number of ether oxygens (including phenoxy) is 1. The Hall–Kier alpha value is -3.86. The molecule has 0 radical (unpaired) electrons. The summed E-state index contributed by atoms with van der Waals surface area (Å²) in [6, 6.07) is 16.4. The van der Waals surface area contributed by atoms with Crippen molar-refractivity contribution in [2.45, 2.75) is 12.5 Å². The number of para-hydroxylation sites is 1. The zero-order valence-electron chi connectivity index (χ0n) is 14.4. The Balaban J connectivity index is 1.67. The summed E-state index contributed by atoms with van der Waals surface area (Å²) < 4.78 is 5.30. The van der Waals surface area contributed by atoms with Crippen LogP contribution in [0.4, 0.5) is 4.79 Å². The van der Waals surface area contributed by atoms with Crippen molar-refractivity contribution in [1.82, 2.24) is 15.8 Å². The van der Waals surface area contributed by atoms with E-state index in [0.717, 1.165) is 0 Å². The molecule has 0 unspecified atom stereocenters. The summed E-state index contributed by atoms with van der Waals surface area (Å²) in [6.07, 6.45) is 0. The van der Waals surface area contributed by atoms with Crippen molar-refractivity contribution in [3.63, 3.8) is 0 Å². The molecular formula is C19H16N4O4. The molecule has 1 fully saturated rings. The van der Waals surface area contributed by atoms with Gasteiger partial charge in [0.15, 0.2) is 6.61 Å². The number of imide groups is 1. The fourth-order valence-electron chi connectivity index (χ4n) is 2.69. The first-order valence-corrected chi connectivity index (χ1v) is 8.09. The molecule has 8 heteroatoms. The Morgan fingerprint density at radius 3 is 2.56 bits per heavy atom. The minimum absolute atomic E-state index is 0.237.